The summed E-state index contributed by atoms with van der Waals surface area (Å²) in [5, 5.41) is 0. The van der Waals surface area contributed by atoms with Gasteiger partial charge >= 0.3 is 12.2 Å². The van der Waals surface area contributed by atoms with E-state index in [1.165, 1.54) is 31.5 Å². The largest absolute Gasteiger partial charge is 0.538 e. The number of rotatable bonds is 5. The number of hydrogen-bond acceptors (Lipinski definition) is 9. The highest BCUT2D eigenvalue weighted by Crippen LogP contribution is 2.20. The maximum absolute atomic E-state index is 11.3. The number of carbonyl (C=O) groups excluding carboxylic acids is 2. The number of amides is 1. The van der Waals surface area contributed by atoms with Gasteiger partial charge in [-0.25, -0.2) is 9.59 Å². The summed E-state index contributed by atoms with van der Waals surface area (Å²) in [5.41, 5.74) is 0. The molecule has 1 amide bonds. The summed E-state index contributed by atoms with van der Waals surface area (Å²) in [5.74, 6) is 0. The molecule has 0 radical (unpaired) electrons. The highest BCUT2D eigenvalue weighted by molar-refractivity contribution is 8.12. The van der Waals surface area contributed by atoms with Gasteiger partial charge in [-0.15, -0.1) is 0 Å². The van der Waals surface area contributed by atoms with Gasteiger partial charge in [0.05, 0.1) is 0 Å². The zero-order valence-electron chi connectivity index (χ0n) is 9.16. The van der Waals surface area contributed by atoms with Crippen molar-refractivity contribution < 1.29 is 19.2 Å². The molecule has 0 spiro atoms. The van der Waals surface area contributed by atoms with Gasteiger partial charge in [0.15, 0.2) is 0 Å². The molecule has 0 N–H and O–H groups in total. The van der Waals surface area contributed by atoms with Crippen LogP contribution in [0.2, 0.25) is 0 Å². The van der Waals surface area contributed by atoms with E-state index in [0.29, 0.717) is 0 Å². The van der Waals surface area contributed by atoms with Gasteiger partial charge in [0.1, 0.15) is 0 Å². The lowest BCUT2D eigenvalue weighted by Crippen LogP contribution is -2.24. The molecule has 0 aromatic heterocycles. The highest BCUT2D eigenvalue weighted by atomic mass is 32.2. The first-order valence-corrected chi connectivity index (χ1v) is 8.52. The van der Waals surface area contributed by atoms with E-state index in [1.807, 2.05) is 0 Å². The molecule has 16 heavy (non-hydrogen) atoms. The molecule has 10 heteroatoms. The lowest BCUT2D eigenvalue weighted by atomic mass is 11.2. The topological polar surface area (TPSA) is 59.1 Å². The van der Waals surface area contributed by atoms with Crippen molar-refractivity contribution in [2.75, 3.05) is 25.0 Å². The van der Waals surface area contributed by atoms with Crippen LogP contribution in [0.5, 0.6) is 0 Å². The highest BCUT2D eigenvalue weighted by Gasteiger charge is 2.21. The van der Waals surface area contributed by atoms with Gasteiger partial charge in [-0.3, -0.25) is 0 Å². The fourth-order valence-electron chi connectivity index (χ4n) is 0.561. The summed E-state index contributed by atoms with van der Waals surface area (Å²) in [6, 6.07) is 0. The average Bonchev–Trinajstić information content (AvgIpc) is 2.27. The molecular weight excluding hydrogens is 292 g/mol. The van der Waals surface area contributed by atoms with E-state index >= 15 is 0 Å². The maximum Gasteiger partial charge on any atom is 0.538 e. The molecule has 0 atom stereocenters. The Bertz CT molecular complexity index is 235. The minimum absolute atomic E-state index is 0.771. The van der Waals surface area contributed by atoms with Crippen LogP contribution < -0.4 is 0 Å². The average molecular weight is 304 g/mol. The molecule has 0 fully saturated rings. The van der Waals surface area contributed by atoms with E-state index in [1.54, 1.807) is 25.0 Å². The Balaban J connectivity index is 4.08. The van der Waals surface area contributed by atoms with Crippen LogP contribution in [-0.2, 0) is 9.57 Å². The molecule has 0 saturated heterocycles. The second-order valence-corrected chi connectivity index (χ2v) is 5.24. The van der Waals surface area contributed by atoms with Crippen LogP contribution in [-0.4, -0.2) is 44.9 Å². The second kappa shape index (κ2) is 9.16. The third-order valence-corrected chi connectivity index (χ3v) is 4.59. The third kappa shape index (κ3) is 5.99. The fraction of sp³-hybridized carbons (Fsp3) is 0.667. The van der Waals surface area contributed by atoms with Gasteiger partial charge in [0.2, 0.25) is 0 Å². The van der Waals surface area contributed by atoms with E-state index in [2.05, 4.69) is 4.74 Å². The van der Waals surface area contributed by atoms with Crippen molar-refractivity contribution in [3.05, 3.63) is 0 Å². The first kappa shape index (κ1) is 16.1. The van der Waals surface area contributed by atoms with Crippen molar-refractivity contribution in [2.45, 2.75) is 0 Å². The molecule has 0 aliphatic heterocycles. The number of hydrogen-bond donors (Lipinski definition) is 0. The van der Waals surface area contributed by atoms with Gasteiger partial charge in [-0.1, -0.05) is 0 Å². The summed E-state index contributed by atoms with van der Waals surface area (Å²) in [6.07, 6.45) is 5.01. The zero-order chi connectivity index (χ0) is 12.6. The Labute approximate surface area is 112 Å². The molecule has 6 nitrogen and oxygen atoms in total. The van der Waals surface area contributed by atoms with Crippen LogP contribution >= 0.6 is 47.8 Å². The van der Waals surface area contributed by atoms with Crippen LogP contribution in [0.3, 0.4) is 0 Å². The Morgan fingerprint density at radius 3 is 1.81 bits per heavy atom. The van der Waals surface area contributed by atoms with E-state index in [4.69, 9.17) is 4.84 Å². The SMILES string of the molecule is CSN(OC(=O)OC(=O)N(SC)SC)SC. The summed E-state index contributed by atoms with van der Waals surface area (Å²) < 4.78 is 6.88. The van der Waals surface area contributed by atoms with E-state index in [0.717, 1.165) is 23.9 Å². The zero-order valence-corrected chi connectivity index (χ0v) is 12.4. The quantitative estimate of drug-likeness (QED) is 0.330. The van der Waals surface area contributed by atoms with Gasteiger partial charge in [0, 0.05) is 25.0 Å². The number of nitrogens with zero attached hydrogens (tertiary/aromatic N) is 2. The van der Waals surface area contributed by atoms with E-state index in [9.17, 15) is 9.59 Å². The first-order valence-electron chi connectivity index (χ1n) is 3.79. The number of ether oxygens (including phenoxy) is 1. The van der Waals surface area contributed by atoms with Crippen molar-refractivity contribution in [1.29, 1.82) is 0 Å². The Morgan fingerprint density at radius 1 is 0.938 bits per heavy atom. The molecule has 0 aliphatic carbocycles. The molecule has 0 saturated carbocycles. The van der Waals surface area contributed by atoms with Gasteiger partial charge in [0.25, 0.3) is 0 Å². The molecule has 0 unspecified atom stereocenters. The molecule has 0 aromatic rings. The summed E-state index contributed by atoms with van der Waals surface area (Å²) in [6.45, 7) is 0. The van der Waals surface area contributed by atoms with E-state index in [-0.39, 0.29) is 0 Å². The third-order valence-electron chi connectivity index (χ3n) is 1.10. The normalized spacial score (nSPS) is 10.1. The molecule has 0 aliphatic rings. The standard InChI is InChI=1S/C6H12N2O4S4/c1-13-7(14-2)5(9)11-6(10)12-8(15-3)16-4/h1-4H3. The minimum Gasteiger partial charge on any atom is -0.341 e. The van der Waals surface area contributed by atoms with Crippen LogP contribution in [0.15, 0.2) is 0 Å². The lowest BCUT2D eigenvalue weighted by molar-refractivity contribution is 0.0124. The summed E-state index contributed by atoms with van der Waals surface area (Å²) in [7, 11) is 0. The smallest absolute Gasteiger partial charge is 0.341 e. The van der Waals surface area contributed by atoms with Crippen molar-refractivity contribution in [2.24, 2.45) is 0 Å². The van der Waals surface area contributed by atoms with Crippen LogP contribution in [0.25, 0.3) is 0 Å². The predicted molar refractivity (Wildman–Crippen MR) is 70.7 cm³/mol. The van der Waals surface area contributed by atoms with Crippen molar-refractivity contribution in [1.82, 2.24) is 7.58 Å². The van der Waals surface area contributed by atoms with Gasteiger partial charge in [-0.05, 0) is 51.7 Å². The minimum atomic E-state index is -1.05. The van der Waals surface area contributed by atoms with Crippen molar-refractivity contribution in [3.8, 4) is 0 Å². The van der Waals surface area contributed by atoms with Crippen LogP contribution in [0, 0.1) is 0 Å². The Morgan fingerprint density at radius 2 is 1.44 bits per heavy atom. The van der Waals surface area contributed by atoms with E-state index < -0.39 is 12.2 Å². The summed E-state index contributed by atoms with van der Waals surface area (Å²) >= 11 is 4.65. The molecule has 0 aromatic carbocycles. The molecule has 0 rings (SSSR count). The molecule has 94 valence electrons. The Hall–Kier alpha value is 0.100. The van der Waals surface area contributed by atoms with Crippen LogP contribution in [0.1, 0.15) is 0 Å². The van der Waals surface area contributed by atoms with Crippen LogP contribution in [0.4, 0.5) is 9.59 Å². The maximum atomic E-state index is 11.3. The van der Waals surface area contributed by atoms with Crippen molar-refractivity contribution in [3.63, 3.8) is 0 Å². The van der Waals surface area contributed by atoms with Gasteiger partial charge < -0.3 is 9.57 Å². The Kier molecular flexibility index (Phi) is 9.22. The molecular formula is C6H12N2O4S4. The number of carbonyl (C=O) groups is 2. The van der Waals surface area contributed by atoms with Crippen molar-refractivity contribution >= 4 is 60.0 Å². The first-order chi connectivity index (χ1) is 7.58. The lowest BCUT2D eigenvalue weighted by Gasteiger charge is -2.16. The van der Waals surface area contributed by atoms with Gasteiger partial charge in [-0.2, -0.15) is 3.71 Å². The predicted octanol–water partition coefficient (Wildman–Crippen LogP) is 2.89. The molecule has 0 heterocycles. The summed E-state index contributed by atoms with van der Waals surface area (Å²) in [4.78, 5) is 27.1. The molecule has 0 bridgehead atoms. The second-order valence-electron chi connectivity index (χ2n) is 1.92. The fourth-order valence-corrected chi connectivity index (χ4v) is 2.40. The monoisotopic (exact) mass is 304 g/mol.